The molecule has 14 heavy (non-hydrogen) atoms. The molecule has 1 aromatic rings. The maximum atomic E-state index is 3.91. The van der Waals surface area contributed by atoms with Gasteiger partial charge in [-0.2, -0.15) is 10.2 Å². The fourth-order valence-corrected chi connectivity index (χ4v) is 1.79. The number of nitrogens with one attached hydrogen (secondary N) is 1. The van der Waals surface area contributed by atoms with Crippen LogP contribution < -0.4 is 5.32 Å². The fraction of sp³-hybridized carbons (Fsp3) is 0.636. The average Bonchev–Trinajstić information content (AvgIpc) is 3.04. The Morgan fingerprint density at radius 1 is 1.50 bits per heavy atom. The van der Waals surface area contributed by atoms with Crippen molar-refractivity contribution in [1.29, 1.82) is 0 Å². The lowest BCUT2D eigenvalue weighted by molar-refractivity contribution is 0.504. The zero-order chi connectivity index (χ0) is 9.80. The van der Waals surface area contributed by atoms with Crippen LogP contribution in [-0.4, -0.2) is 17.2 Å². The Labute approximate surface area is 84.9 Å². The van der Waals surface area contributed by atoms with Crippen LogP contribution >= 0.6 is 0 Å². The van der Waals surface area contributed by atoms with Crippen molar-refractivity contribution in [2.24, 2.45) is 5.92 Å². The van der Waals surface area contributed by atoms with Crippen LogP contribution in [-0.2, 0) is 0 Å². The van der Waals surface area contributed by atoms with Crippen LogP contribution in [0.25, 0.3) is 0 Å². The van der Waals surface area contributed by atoms with Gasteiger partial charge in [0.15, 0.2) is 0 Å². The van der Waals surface area contributed by atoms with Gasteiger partial charge in [0.25, 0.3) is 0 Å². The molecule has 1 heterocycles. The molecule has 1 fully saturated rings. The van der Waals surface area contributed by atoms with Crippen LogP contribution in [0, 0.1) is 5.92 Å². The van der Waals surface area contributed by atoms with Crippen molar-refractivity contribution in [2.45, 2.75) is 31.7 Å². The van der Waals surface area contributed by atoms with E-state index in [-0.39, 0.29) is 0 Å². The summed E-state index contributed by atoms with van der Waals surface area (Å²) in [5.74, 6) is 1.00. The first-order valence-corrected chi connectivity index (χ1v) is 5.34. The van der Waals surface area contributed by atoms with Gasteiger partial charge in [0.05, 0.1) is 6.20 Å². The smallest absolute Gasteiger partial charge is 0.0544 e. The minimum absolute atomic E-state index is 0.450. The van der Waals surface area contributed by atoms with E-state index in [0.717, 1.165) is 5.92 Å². The molecule has 76 valence electrons. The summed E-state index contributed by atoms with van der Waals surface area (Å²) in [6.45, 7) is 0. The Kier molecular flexibility index (Phi) is 3.09. The average molecular weight is 191 g/mol. The lowest BCUT2D eigenvalue weighted by Crippen LogP contribution is -2.16. The van der Waals surface area contributed by atoms with Crippen molar-refractivity contribution < 1.29 is 0 Å². The van der Waals surface area contributed by atoms with Gasteiger partial charge >= 0.3 is 0 Å². The fourth-order valence-electron chi connectivity index (χ4n) is 1.79. The third-order valence-electron chi connectivity index (χ3n) is 2.92. The maximum absolute atomic E-state index is 3.91. The van der Waals surface area contributed by atoms with Gasteiger partial charge in [-0.15, -0.1) is 0 Å². The number of aromatic nitrogens is 2. The van der Waals surface area contributed by atoms with E-state index in [1.165, 1.54) is 31.2 Å². The van der Waals surface area contributed by atoms with Gasteiger partial charge in [0.1, 0.15) is 0 Å². The molecule has 3 nitrogen and oxygen atoms in total. The lowest BCUT2D eigenvalue weighted by Gasteiger charge is -2.15. The second-order valence-electron chi connectivity index (χ2n) is 4.04. The van der Waals surface area contributed by atoms with E-state index in [2.05, 4.69) is 15.5 Å². The molecule has 1 saturated carbocycles. The molecule has 0 spiro atoms. The normalized spacial score (nSPS) is 18.1. The van der Waals surface area contributed by atoms with Crippen molar-refractivity contribution in [3.05, 3.63) is 24.0 Å². The summed E-state index contributed by atoms with van der Waals surface area (Å²) in [5.41, 5.74) is 1.25. The molecular formula is C11H17N3. The lowest BCUT2D eigenvalue weighted by atomic mass is 10.0. The summed E-state index contributed by atoms with van der Waals surface area (Å²) in [4.78, 5) is 0. The van der Waals surface area contributed by atoms with Crippen LogP contribution in [0.2, 0.25) is 0 Å². The van der Waals surface area contributed by atoms with E-state index in [9.17, 15) is 0 Å². The Bertz CT molecular complexity index is 269. The minimum Gasteiger partial charge on any atom is -0.313 e. The Balaban J connectivity index is 1.90. The Hall–Kier alpha value is -0.960. The van der Waals surface area contributed by atoms with E-state index in [1.54, 1.807) is 6.20 Å². The van der Waals surface area contributed by atoms with Crippen LogP contribution in [0.1, 0.15) is 37.3 Å². The van der Waals surface area contributed by atoms with E-state index in [4.69, 9.17) is 0 Å². The molecule has 0 bridgehead atoms. The van der Waals surface area contributed by atoms with Crippen molar-refractivity contribution in [1.82, 2.24) is 15.5 Å². The predicted molar refractivity (Wildman–Crippen MR) is 55.8 cm³/mol. The largest absolute Gasteiger partial charge is 0.313 e. The zero-order valence-corrected chi connectivity index (χ0v) is 8.61. The van der Waals surface area contributed by atoms with Crippen LogP contribution in [0.4, 0.5) is 0 Å². The molecule has 1 aromatic heterocycles. The number of hydrogen-bond donors (Lipinski definition) is 1. The van der Waals surface area contributed by atoms with E-state index < -0.39 is 0 Å². The molecule has 0 aliphatic heterocycles. The highest BCUT2D eigenvalue weighted by Crippen LogP contribution is 2.35. The van der Waals surface area contributed by atoms with E-state index in [1.807, 2.05) is 19.3 Å². The first-order chi connectivity index (χ1) is 6.90. The molecule has 1 N–H and O–H groups in total. The van der Waals surface area contributed by atoms with Crippen LogP contribution in [0.5, 0.6) is 0 Å². The quantitative estimate of drug-likeness (QED) is 0.772. The second kappa shape index (κ2) is 4.51. The second-order valence-corrected chi connectivity index (χ2v) is 4.04. The molecule has 0 radical (unpaired) electrons. The van der Waals surface area contributed by atoms with Gasteiger partial charge in [-0.25, -0.2) is 0 Å². The van der Waals surface area contributed by atoms with Gasteiger partial charge < -0.3 is 5.32 Å². The highest BCUT2D eigenvalue weighted by molar-refractivity contribution is 5.11. The summed E-state index contributed by atoms with van der Waals surface area (Å²) in [6, 6.07) is 2.49. The van der Waals surface area contributed by atoms with Crippen molar-refractivity contribution in [2.75, 3.05) is 7.05 Å². The highest BCUT2D eigenvalue weighted by atomic mass is 15.1. The molecular weight excluding hydrogens is 174 g/mol. The standard InChI is InChI=1S/C11H17N3/c1-12-11(5-4-9-2-3-9)10-6-7-13-14-8-10/h6-9,11-12H,2-5H2,1H3. The predicted octanol–water partition coefficient (Wildman–Crippen LogP) is 1.93. The molecule has 2 rings (SSSR count). The zero-order valence-electron chi connectivity index (χ0n) is 8.61. The summed E-state index contributed by atoms with van der Waals surface area (Å²) in [7, 11) is 2.01. The first-order valence-electron chi connectivity index (χ1n) is 5.34. The van der Waals surface area contributed by atoms with E-state index >= 15 is 0 Å². The van der Waals surface area contributed by atoms with Crippen molar-refractivity contribution in [3.8, 4) is 0 Å². The van der Waals surface area contributed by atoms with Crippen molar-refractivity contribution >= 4 is 0 Å². The number of nitrogens with zero attached hydrogens (tertiary/aromatic N) is 2. The minimum atomic E-state index is 0.450. The molecule has 1 atom stereocenters. The maximum Gasteiger partial charge on any atom is 0.0544 e. The van der Waals surface area contributed by atoms with Gasteiger partial charge in [0.2, 0.25) is 0 Å². The highest BCUT2D eigenvalue weighted by Gasteiger charge is 2.22. The summed E-state index contributed by atoms with van der Waals surface area (Å²) >= 11 is 0. The third kappa shape index (κ3) is 2.51. The first kappa shape index (κ1) is 9.59. The number of hydrogen-bond acceptors (Lipinski definition) is 3. The Morgan fingerprint density at radius 3 is 2.93 bits per heavy atom. The molecule has 1 unspecified atom stereocenters. The summed E-state index contributed by atoms with van der Waals surface area (Å²) in [5, 5.41) is 11.0. The topological polar surface area (TPSA) is 37.8 Å². The van der Waals surface area contributed by atoms with Crippen LogP contribution in [0.15, 0.2) is 18.5 Å². The summed E-state index contributed by atoms with van der Waals surface area (Å²) in [6.07, 6.45) is 9.04. The number of rotatable bonds is 5. The van der Waals surface area contributed by atoms with Crippen LogP contribution in [0.3, 0.4) is 0 Å². The molecule has 0 amide bonds. The molecule has 0 aromatic carbocycles. The van der Waals surface area contributed by atoms with Gasteiger partial charge in [-0.1, -0.05) is 12.8 Å². The Morgan fingerprint density at radius 2 is 2.36 bits per heavy atom. The monoisotopic (exact) mass is 191 g/mol. The van der Waals surface area contributed by atoms with Gasteiger partial charge in [-0.3, -0.25) is 0 Å². The van der Waals surface area contributed by atoms with Gasteiger partial charge in [-0.05, 0) is 37.4 Å². The SMILES string of the molecule is CNC(CCC1CC1)c1ccnnc1. The van der Waals surface area contributed by atoms with Crippen molar-refractivity contribution in [3.63, 3.8) is 0 Å². The summed E-state index contributed by atoms with van der Waals surface area (Å²) < 4.78 is 0. The van der Waals surface area contributed by atoms with E-state index in [0.29, 0.717) is 6.04 Å². The molecule has 1 aliphatic rings. The molecule has 3 heteroatoms. The van der Waals surface area contributed by atoms with Gasteiger partial charge in [0, 0.05) is 12.2 Å². The third-order valence-corrected chi connectivity index (χ3v) is 2.92. The molecule has 0 saturated heterocycles. The molecule has 1 aliphatic carbocycles.